The van der Waals surface area contributed by atoms with Crippen molar-refractivity contribution in [2.45, 2.75) is 18.8 Å². The number of pyridine rings is 1. The van der Waals surface area contributed by atoms with Gasteiger partial charge in [-0.1, -0.05) is 30.3 Å². The van der Waals surface area contributed by atoms with E-state index in [2.05, 4.69) is 39.4 Å². The summed E-state index contributed by atoms with van der Waals surface area (Å²) >= 11 is 0. The molecule has 0 radical (unpaired) electrons. The fourth-order valence-corrected chi connectivity index (χ4v) is 2.81. The van der Waals surface area contributed by atoms with Gasteiger partial charge in [0.25, 0.3) is 0 Å². The lowest BCUT2D eigenvalue weighted by molar-refractivity contribution is 0.669. The molecule has 1 atom stereocenters. The molecule has 1 aliphatic rings. The maximum absolute atomic E-state index is 4.68. The third-order valence-corrected chi connectivity index (χ3v) is 3.79. The molecule has 2 aromatic heterocycles. The molecule has 1 aliphatic carbocycles. The molecule has 1 aromatic carbocycles. The van der Waals surface area contributed by atoms with Gasteiger partial charge in [0, 0.05) is 12.1 Å². The fraction of sp³-hybridized carbons (Fsp3) is 0.188. The third kappa shape index (κ3) is 1.81. The Morgan fingerprint density at radius 1 is 1.00 bits per heavy atom. The van der Waals surface area contributed by atoms with Gasteiger partial charge in [0.15, 0.2) is 0 Å². The molecule has 0 saturated heterocycles. The van der Waals surface area contributed by atoms with Crippen molar-refractivity contribution in [1.29, 1.82) is 0 Å². The summed E-state index contributed by atoms with van der Waals surface area (Å²) in [6, 6.07) is 14.4. The van der Waals surface area contributed by atoms with Gasteiger partial charge < -0.3 is 0 Å². The van der Waals surface area contributed by atoms with E-state index in [1.807, 2.05) is 18.2 Å². The van der Waals surface area contributed by atoms with Gasteiger partial charge in [0.05, 0.1) is 17.6 Å². The predicted molar refractivity (Wildman–Crippen MR) is 75.8 cm³/mol. The van der Waals surface area contributed by atoms with Crippen molar-refractivity contribution in [3.05, 3.63) is 71.8 Å². The minimum absolute atomic E-state index is 0.372. The Morgan fingerprint density at radius 2 is 1.90 bits per heavy atom. The van der Waals surface area contributed by atoms with Crippen LogP contribution in [0.3, 0.4) is 0 Å². The smallest absolute Gasteiger partial charge is 0.104 e. The van der Waals surface area contributed by atoms with Gasteiger partial charge >= 0.3 is 0 Å². The Kier molecular flexibility index (Phi) is 2.59. The number of benzene rings is 1. The largest absolute Gasteiger partial charge is 0.262 e. The highest BCUT2D eigenvalue weighted by Gasteiger charge is 2.29. The first-order chi connectivity index (χ1) is 9.92. The lowest BCUT2D eigenvalue weighted by atomic mass is 9.97. The van der Waals surface area contributed by atoms with Crippen LogP contribution in [0.5, 0.6) is 0 Å². The lowest BCUT2D eigenvalue weighted by Gasteiger charge is -2.08. The summed E-state index contributed by atoms with van der Waals surface area (Å²) in [6.07, 6.45) is 5.64. The number of hydrogen-bond donors (Lipinski definition) is 0. The van der Waals surface area contributed by atoms with Gasteiger partial charge in [0.2, 0.25) is 0 Å². The molecule has 0 bridgehead atoms. The minimum atomic E-state index is 0.372. The Morgan fingerprint density at radius 3 is 2.70 bits per heavy atom. The summed E-state index contributed by atoms with van der Waals surface area (Å²) in [5.41, 5.74) is 4.46. The van der Waals surface area contributed by atoms with Crippen LogP contribution in [0.25, 0.3) is 5.69 Å². The second-order valence-corrected chi connectivity index (χ2v) is 5.03. The zero-order chi connectivity index (χ0) is 13.4. The van der Waals surface area contributed by atoms with Crippen molar-refractivity contribution in [2.75, 3.05) is 0 Å². The predicted octanol–water partition coefficient (Wildman–Crippen LogP) is 2.74. The Hall–Kier alpha value is -2.49. The fourth-order valence-electron chi connectivity index (χ4n) is 2.81. The molecule has 98 valence electrons. The van der Waals surface area contributed by atoms with Gasteiger partial charge in [0.1, 0.15) is 5.69 Å². The van der Waals surface area contributed by atoms with Crippen LogP contribution in [0.1, 0.15) is 29.3 Å². The molecule has 0 saturated carbocycles. The monoisotopic (exact) mass is 262 g/mol. The van der Waals surface area contributed by atoms with Crippen molar-refractivity contribution < 1.29 is 0 Å². The lowest BCUT2D eigenvalue weighted by Crippen LogP contribution is -2.03. The maximum Gasteiger partial charge on any atom is 0.104 e. The summed E-state index contributed by atoms with van der Waals surface area (Å²) in [4.78, 5) is 5.82. The van der Waals surface area contributed by atoms with E-state index in [-0.39, 0.29) is 0 Å². The Labute approximate surface area is 117 Å². The SMILES string of the molecule is c1ccc(C2CCc3nn(-c4cccnc4)nc32)cc1. The number of aryl methyl sites for hydroxylation is 1. The van der Waals surface area contributed by atoms with E-state index < -0.39 is 0 Å². The first-order valence-electron chi connectivity index (χ1n) is 6.83. The molecule has 20 heavy (non-hydrogen) atoms. The van der Waals surface area contributed by atoms with E-state index >= 15 is 0 Å². The highest BCUT2D eigenvalue weighted by Crippen LogP contribution is 2.35. The van der Waals surface area contributed by atoms with Crippen molar-refractivity contribution in [3.8, 4) is 5.69 Å². The highest BCUT2D eigenvalue weighted by molar-refractivity contribution is 5.35. The van der Waals surface area contributed by atoms with Crippen molar-refractivity contribution in [3.63, 3.8) is 0 Å². The maximum atomic E-state index is 4.68. The van der Waals surface area contributed by atoms with Crippen LogP contribution in [0.15, 0.2) is 54.9 Å². The van der Waals surface area contributed by atoms with Gasteiger partial charge in [-0.15, -0.1) is 4.80 Å². The average Bonchev–Trinajstić information content (AvgIpc) is 3.09. The number of nitrogens with zero attached hydrogens (tertiary/aromatic N) is 4. The minimum Gasteiger partial charge on any atom is -0.262 e. The van der Waals surface area contributed by atoms with E-state index in [1.165, 1.54) is 5.56 Å². The molecule has 4 rings (SSSR count). The average molecular weight is 262 g/mol. The molecule has 4 nitrogen and oxygen atoms in total. The zero-order valence-electron chi connectivity index (χ0n) is 11.0. The molecule has 0 N–H and O–H groups in total. The standard InChI is InChI=1S/C16H14N4/c1-2-5-12(6-3-1)14-8-9-15-16(14)19-20(18-15)13-7-4-10-17-11-13/h1-7,10-11,14H,8-9H2. The van der Waals surface area contributed by atoms with Gasteiger partial charge in [-0.05, 0) is 30.5 Å². The molecule has 1 unspecified atom stereocenters. The topological polar surface area (TPSA) is 43.6 Å². The third-order valence-electron chi connectivity index (χ3n) is 3.79. The van der Waals surface area contributed by atoms with E-state index in [0.717, 1.165) is 29.9 Å². The molecule has 3 aromatic rings. The quantitative estimate of drug-likeness (QED) is 0.713. The second-order valence-electron chi connectivity index (χ2n) is 5.03. The second kappa shape index (κ2) is 4.56. The van der Waals surface area contributed by atoms with E-state index in [9.17, 15) is 0 Å². The summed E-state index contributed by atoms with van der Waals surface area (Å²) < 4.78 is 0. The van der Waals surface area contributed by atoms with Gasteiger partial charge in [-0.2, -0.15) is 10.2 Å². The molecule has 0 fully saturated rings. The van der Waals surface area contributed by atoms with Crippen LogP contribution in [0.2, 0.25) is 0 Å². The summed E-state index contributed by atoms with van der Waals surface area (Å²) in [6.45, 7) is 0. The summed E-state index contributed by atoms with van der Waals surface area (Å²) in [7, 11) is 0. The summed E-state index contributed by atoms with van der Waals surface area (Å²) in [5.74, 6) is 0.372. The van der Waals surface area contributed by atoms with Crippen LogP contribution in [-0.2, 0) is 6.42 Å². The van der Waals surface area contributed by atoms with Crippen LogP contribution in [-0.4, -0.2) is 20.0 Å². The van der Waals surface area contributed by atoms with Crippen LogP contribution in [0, 0.1) is 0 Å². The first kappa shape index (κ1) is 11.3. The molecule has 0 spiro atoms. The first-order valence-corrected chi connectivity index (χ1v) is 6.83. The van der Waals surface area contributed by atoms with E-state index in [0.29, 0.717) is 5.92 Å². The number of hydrogen-bond acceptors (Lipinski definition) is 3. The highest BCUT2D eigenvalue weighted by atomic mass is 15.5. The molecule has 4 heteroatoms. The Balaban J connectivity index is 1.74. The van der Waals surface area contributed by atoms with Gasteiger partial charge in [-0.25, -0.2) is 0 Å². The molecule has 0 amide bonds. The normalized spacial score (nSPS) is 17.1. The van der Waals surface area contributed by atoms with Crippen molar-refractivity contribution in [2.24, 2.45) is 0 Å². The van der Waals surface area contributed by atoms with E-state index in [4.69, 9.17) is 0 Å². The molecule has 2 heterocycles. The zero-order valence-corrected chi connectivity index (χ0v) is 11.0. The number of aromatic nitrogens is 4. The van der Waals surface area contributed by atoms with Crippen molar-refractivity contribution >= 4 is 0 Å². The molecule has 0 aliphatic heterocycles. The Bertz CT molecular complexity index is 719. The van der Waals surface area contributed by atoms with Crippen LogP contribution < -0.4 is 0 Å². The van der Waals surface area contributed by atoms with Crippen LogP contribution in [0.4, 0.5) is 0 Å². The van der Waals surface area contributed by atoms with E-state index in [1.54, 1.807) is 17.2 Å². The number of rotatable bonds is 2. The van der Waals surface area contributed by atoms with Crippen molar-refractivity contribution in [1.82, 2.24) is 20.0 Å². The summed E-state index contributed by atoms with van der Waals surface area (Å²) in [5, 5.41) is 9.29. The van der Waals surface area contributed by atoms with Crippen LogP contribution >= 0.6 is 0 Å². The molecular weight excluding hydrogens is 248 g/mol. The number of fused-ring (bicyclic) bond motifs is 1. The molecular formula is C16H14N4. The van der Waals surface area contributed by atoms with Gasteiger partial charge in [-0.3, -0.25) is 4.98 Å².